The molecule has 0 atom stereocenters. The molecule has 4 heteroatoms. The summed E-state index contributed by atoms with van der Waals surface area (Å²) in [7, 11) is 0. The lowest BCUT2D eigenvalue weighted by molar-refractivity contribution is -0.136. The maximum Gasteiger partial charge on any atom is 0.313 e. The number of para-hydroxylation sites is 1. The van der Waals surface area contributed by atoms with E-state index in [9.17, 15) is 9.59 Å². The van der Waals surface area contributed by atoms with E-state index in [-0.39, 0.29) is 11.8 Å². The Morgan fingerprint density at radius 2 is 1.52 bits per heavy atom. The first kappa shape index (κ1) is 17.2. The van der Waals surface area contributed by atoms with E-state index in [1.54, 1.807) is 0 Å². The van der Waals surface area contributed by atoms with E-state index in [1.807, 2.05) is 25.1 Å². The van der Waals surface area contributed by atoms with E-state index in [1.165, 1.54) is 0 Å². The molecule has 0 unspecified atom stereocenters. The van der Waals surface area contributed by atoms with Crippen LogP contribution in [0.3, 0.4) is 0 Å². The SMILES string of the molecule is CCCNC(=O)C(=O)Nc1c(C(C)C)cccc1C(C)C. The highest BCUT2D eigenvalue weighted by Gasteiger charge is 2.19. The molecule has 0 radical (unpaired) electrons. The van der Waals surface area contributed by atoms with Crippen LogP contribution in [0.5, 0.6) is 0 Å². The molecule has 1 aromatic carbocycles. The fraction of sp³-hybridized carbons (Fsp3) is 0.529. The van der Waals surface area contributed by atoms with Crippen LogP contribution in [-0.2, 0) is 9.59 Å². The summed E-state index contributed by atoms with van der Waals surface area (Å²) in [5, 5.41) is 5.40. The summed E-state index contributed by atoms with van der Waals surface area (Å²) >= 11 is 0. The maximum absolute atomic E-state index is 12.0. The molecule has 0 aromatic heterocycles. The van der Waals surface area contributed by atoms with Crippen LogP contribution in [0.15, 0.2) is 18.2 Å². The molecule has 21 heavy (non-hydrogen) atoms. The van der Waals surface area contributed by atoms with Gasteiger partial charge in [0.25, 0.3) is 0 Å². The van der Waals surface area contributed by atoms with Gasteiger partial charge in [-0.2, -0.15) is 0 Å². The molecule has 0 spiro atoms. The van der Waals surface area contributed by atoms with Gasteiger partial charge in [0.05, 0.1) is 0 Å². The minimum absolute atomic E-state index is 0.276. The Kier molecular flexibility index (Phi) is 6.40. The number of carbonyl (C=O) groups is 2. The summed E-state index contributed by atoms with van der Waals surface area (Å²) in [6, 6.07) is 5.99. The van der Waals surface area contributed by atoms with Crippen molar-refractivity contribution in [2.24, 2.45) is 0 Å². The van der Waals surface area contributed by atoms with E-state index in [4.69, 9.17) is 0 Å². The monoisotopic (exact) mass is 290 g/mol. The molecule has 2 N–H and O–H groups in total. The second kappa shape index (κ2) is 7.81. The summed E-state index contributed by atoms with van der Waals surface area (Å²) in [4.78, 5) is 23.8. The quantitative estimate of drug-likeness (QED) is 0.817. The van der Waals surface area contributed by atoms with Gasteiger partial charge < -0.3 is 10.6 Å². The van der Waals surface area contributed by atoms with Crippen molar-refractivity contribution in [3.05, 3.63) is 29.3 Å². The standard InChI is InChI=1S/C17H26N2O2/c1-6-10-18-16(20)17(21)19-15-13(11(2)3)8-7-9-14(15)12(4)5/h7-9,11-12H,6,10H2,1-5H3,(H,18,20)(H,19,21). The molecular formula is C17H26N2O2. The largest absolute Gasteiger partial charge is 0.348 e. The van der Waals surface area contributed by atoms with Gasteiger partial charge in [-0.05, 0) is 29.4 Å². The van der Waals surface area contributed by atoms with E-state index in [0.29, 0.717) is 6.54 Å². The summed E-state index contributed by atoms with van der Waals surface area (Å²) < 4.78 is 0. The summed E-state index contributed by atoms with van der Waals surface area (Å²) in [6.07, 6.45) is 0.804. The predicted molar refractivity (Wildman–Crippen MR) is 86.6 cm³/mol. The first-order valence-electron chi connectivity index (χ1n) is 7.60. The van der Waals surface area contributed by atoms with Gasteiger partial charge in [0.2, 0.25) is 0 Å². The van der Waals surface area contributed by atoms with Crippen molar-refractivity contribution in [2.75, 3.05) is 11.9 Å². The first-order chi connectivity index (χ1) is 9.88. The van der Waals surface area contributed by atoms with Gasteiger partial charge in [-0.15, -0.1) is 0 Å². The van der Waals surface area contributed by atoms with Crippen molar-refractivity contribution in [1.29, 1.82) is 0 Å². The lowest BCUT2D eigenvalue weighted by Crippen LogP contribution is -2.36. The van der Waals surface area contributed by atoms with Gasteiger partial charge in [-0.1, -0.05) is 52.8 Å². The second-order valence-electron chi connectivity index (χ2n) is 5.83. The van der Waals surface area contributed by atoms with Crippen molar-refractivity contribution < 1.29 is 9.59 Å². The predicted octanol–water partition coefficient (Wildman–Crippen LogP) is 3.40. The lowest BCUT2D eigenvalue weighted by Gasteiger charge is -2.19. The number of anilines is 1. The Morgan fingerprint density at radius 3 is 1.95 bits per heavy atom. The summed E-state index contributed by atoms with van der Waals surface area (Å²) in [5.41, 5.74) is 2.88. The molecule has 116 valence electrons. The van der Waals surface area contributed by atoms with Crippen molar-refractivity contribution in [2.45, 2.75) is 52.9 Å². The average molecular weight is 290 g/mol. The van der Waals surface area contributed by atoms with Crippen LogP contribution in [0.4, 0.5) is 5.69 Å². The minimum atomic E-state index is -0.599. The number of carbonyl (C=O) groups excluding carboxylic acids is 2. The summed E-state index contributed by atoms with van der Waals surface area (Å²) in [5.74, 6) is -0.626. The van der Waals surface area contributed by atoms with Crippen LogP contribution in [0.1, 0.15) is 64.0 Å². The zero-order chi connectivity index (χ0) is 16.0. The van der Waals surface area contributed by atoms with Crippen molar-refractivity contribution in [3.8, 4) is 0 Å². The number of hydrogen-bond donors (Lipinski definition) is 2. The molecular weight excluding hydrogens is 264 g/mol. The highest BCUT2D eigenvalue weighted by molar-refractivity contribution is 6.39. The smallest absolute Gasteiger partial charge is 0.313 e. The highest BCUT2D eigenvalue weighted by atomic mass is 16.2. The fourth-order valence-corrected chi connectivity index (χ4v) is 2.18. The molecule has 0 aliphatic heterocycles. The van der Waals surface area contributed by atoms with Gasteiger partial charge in [-0.3, -0.25) is 9.59 Å². The number of nitrogens with one attached hydrogen (secondary N) is 2. The van der Waals surface area contributed by atoms with Crippen LogP contribution < -0.4 is 10.6 Å². The van der Waals surface area contributed by atoms with E-state index in [2.05, 4.69) is 38.3 Å². The third-order valence-corrected chi connectivity index (χ3v) is 3.35. The number of rotatable bonds is 5. The van der Waals surface area contributed by atoms with Crippen molar-refractivity contribution >= 4 is 17.5 Å². The van der Waals surface area contributed by atoms with E-state index in [0.717, 1.165) is 23.2 Å². The highest BCUT2D eigenvalue weighted by Crippen LogP contribution is 2.32. The van der Waals surface area contributed by atoms with E-state index >= 15 is 0 Å². The van der Waals surface area contributed by atoms with Crippen LogP contribution in [0, 0.1) is 0 Å². The molecule has 0 saturated heterocycles. The van der Waals surface area contributed by atoms with Gasteiger partial charge in [0.15, 0.2) is 0 Å². The van der Waals surface area contributed by atoms with Crippen LogP contribution in [0.2, 0.25) is 0 Å². The minimum Gasteiger partial charge on any atom is -0.348 e. The Bertz CT molecular complexity index is 481. The molecule has 0 heterocycles. The van der Waals surface area contributed by atoms with Crippen LogP contribution >= 0.6 is 0 Å². The van der Waals surface area contributed by atoms with Crippen molar-refractivity contribution in [3.63, 3.8) is 0 Å². The third kappa shape index (κ3) is 4.59. The zero-order valence-corrected chi connectivity index (χ0v) is 13.6. The van der Waals surface area contributed by atoms with Gasteiger partial charge in [0, 0.05) is 12.2 Å². The molecule has 0 aliphatic rings. The molecule has 0 bridgehead atoms. The third-order valence-electron chi connectivity index (χ3n) is 3.35. The lowest BCUT2D eigenvalue weighted by atomic mass is 9.92. The van der Waals surface area contributed by atoms with Gasteiger partial charge >= 0.3 is 11.8 Å². The van der Waals surface area contributed by atoms with E-state index < -0.39 is 11.8 Å². The molecule has 4 nitrogen and oxygen atoms in total. The molecule has 0 fully saturated rings. The number of amides is 2. The maximum atomic E-state index is 12.0. The van der Waals surface area contributed by atoms with Crippen LogP contribution in [-0.4, -0.2) is 18.4 Å². The molecule has 1 rings (SSSR count). The zero-order valence-electron chi connectivity index (χ0n) is 13.6. The summed E-state index contributed by atoms with van der Waals surface area (Å²) in [6.45, 7) is 10.8. The van der Waals surface area contributed by atoms with Crippen LogP contribution in [0.25, 0.3) is 0 Å². The Hall–Kier alpha value is -1.84. The number of benzene rings is 1. The second-order valence-corrected chi connectivity index (χ2v) is 5.83. The molecule has 0 saturated carbocycles. The first-order valence-corrected chi connectivity index (χ1v) is 7.60. The van der Waals surface area contributed by atoms with Crippen molar-refractivity contribution in [1.82, 2.24) is 5.32 Å². The van der Waals surface area contributed by atoms with Gasteiger partial charge in [-0.25, -0.2) is 0 Å². The van der Waals surface area contributed by atoms with Gasteiger partial charge in [0.1, 0.15) is 0 Å². The normalized spacial score (nSPS) is 10.8. The molecule has 0 aliphatic carbocycles. The molecule has 1 aromatic rings. The Morgan fingerprint density at radius 1 is 1.00 bits per heavy atom. The molecule has 2 amide bonds. The Labute approximate surface area is 127 Å². The Balaban J connectivity index is 3.05. The fourth-order valence-electron chi connectivity index (χ4n) is 2.18. The number of hydrogen-bond acceptors (Lipinski definition) is 2. The average Bonchev–Trinajstić information content (AvgIpc) is 2.44. The topological polar surface area (TPSA) is 58.2 Å².